The number of nitrogens with one attached hydrogen (secondary N) is 1. The molecule has 0 aromatic rings. The van der Waals surface area contributed by atoms with Gasteiger partial charge in [0.15, 0.2) is 0 Å². The number of hydrogen-bond acceptors (Lipinski definition) is 2. The summed E-state index contributed by atoms with van der Waals surface area (Å²) in [6.45, 7) is 7.88. The summed E-state index contributed by atoms with van der Waals surface area (Å²) < 4.78 is 0. The summed E-state index contributed by atoms with van der Waals surface area (Å²) in [4.78, 5) is 6.08. The Hall–Kier alpha value is -0.990. The van der Waals surface area contributed by atoms with Gasteiger partial charge in [-0.1, -0.05) is 6.58 Å². The fourth-order valence-corrected chi connectivity index (χ4v) is 0.359. The zero-order valence-corrected chi connectivity index (χ0v) is 7.76. The van der Waals surface area contributed by atoms with Gasteiger partial charge in [-0.2, -0.15) is 0 Å². The molecule has 3 nitrogen and oxygen atoms in total. The predicted molar refractivity (Wildman–Crippen MR) is 49.6 cm³/mol. The molecule has 0 aromatic carbocycles. The normalized spacial score (nSPS) is 10.6. The predicted octanol–water partition coefficient (Wildman–Crippen LogP) is 1.05. The highest BCUT2D eigenvalue weighted by Crippen LogP contribution is 1.90. The summed E-state index contributed by atoms with van der Waals surface area (Å²) in [5.74, 6) is 0.678. The molecular weight excluding hydrogens is 138 g/mol. The van der Waals surface area contributed by atoms with Crippen LogP contribution in [0.4, 0.5) is 0 Å². The maximum atomic E-state index is 4.06. The van der Waals surface area contributed by atoms with Crippen LogP contribution in [0.3, 0.4) is 0 Å². The Balaban J connectivity index is 3.82. The Labute approximate surface area is 68.8 Å². The van der Waals surface area contributed by atoms with Gasteiger partial charge in [-0.3, -0.25) is 0 Å². The topological polar surface area (TPSA) is 27.6 Å². The Morgan fingerprint density at radius 3 is 2.55 bits per heavy atom. The molecule has 0 bridgehead atoms. The van der Waals surface area contributed by atoms with E-state index in [1.165, 1.54) is 0 Å². The van der Waals surface area contributed by atoms with Crippen molar-refractivity contribution >= 4 is 6.34 Å². The smallest absolute Gasteiger partial charge is 0.120 e. The van der Waals surface area contributed by atoms with Gasteiger partial charge in [0.25, 0.3) is 0 Å². The lowest BCUT2D eigenvalue weighted by atomic mass is 10.4. The van der Waals surface area contributed by atoms with Crippen molar-refractivity contribution in [3.8, 4) is 0 Å². The lowest BCUT2D eigenvalue weighted by molar-refractivity contribution is 0.429. The molecule has 0 aliphatic rings. The van der Waals surface area contributed by atoms with Crippen LogP contribution in [0.25, 0.3) is 0 Å². The van der Waals surface area contributed by atoms with Gasteiger partial charge < -0.3 is 10.2 Å². The van der Waals surface area contributed by atoms with E-state index in [1.54, 1.807) is 13.4 Å². The fourth-order valence-electron chi connectivity index (χ4n) is 0.359. The third-order valence-corrected chi connectivity index (χ3v) is 1.50. The molecule has 0 fully saturated rings. The van der Waals surface area contributed by atoms with Crippen molar-refractivity contribution in [3.05, 3.63) is 12.4 Å². The first-order chi connectivity index (χ1) is 5.07. The van der Waals surface area contributed by atoms with Crippen molar-refractivity contribution < 1.29 is 0 Å². The van der Waals surface area contributed by atoms with Crippen LogP contribution >= 0.6 is 0 Å². The largest absolute Gasteiger partial charge is 0.374 e. The first kappa shape index (κ1) is 10.0. The average molecular weight is 155 g/mol. The van der Waals surface area contributed by atoms with Gasteiger partial charge in [0.1, 0.15) is 5.82 Å². The zero-order valence-electron chi connectivity index (χ0n) is 7.76. The summed E-state index contributed by atoms with van der Waals surface area (Å²) in [7, 11) is 3.78. The molecule has 0 unspecified atom stereocenters. The standard InChI is InChI=1S/C8H17N3/c1-7(2)11(5)6-10-8(3)9-4/h6-7,9H,3H2,1-2,4-5H3/b10-6-. The van der Waals surface area contributed by atoms with Gasteiger partial charge in [0.05, 0.1) is 6.34 Å². The molecule has 64 valence electrons. The molecule has 0 radical (unpaired) electrons. The summed E-state index contributed by atoms with van der Waals surface area (Å²) in [5, 5.41) is 2.84. The minimum Gasteiger partial charge on any atom is -0.374 e. The maximum absolute atomic E-state index is 4.06. The van der Waals surface area contributed by atoms with E-state index in [4.69, 9.17) is 0 Å². The molecule has 0 saturated carbocycles. The highest BCUT2D eigenvalue weighted by Gasteiger charge is 1.95. The van der Waals surface area contributed by atoms with Crippen molar-refractivity contribution in [2.45, 2.75) is 19.9 Å². The molecule has 11 heavy (non-hydrogen) atoms. The van der Waals surface area contributed by atoms with E-state index in [0.717, 1.165) is 0 Å². The summed E-state index contributed by atoms with van der Waals surface area (Å²) in [6.07, 6.45) is 1.77. The Morgan fingerprint density at radius 2 is 2.18 bits per heavy atom. The van der Waals surface area contributed by atoms with Crippen molar-refractivity contribution in [2.24, 2.45) is 4.99 Å². The van der Waals surface area contributed by atoms with Crippen LogP contribution in [0, 0.1) is 0 Å². The van der Waals surface area contributed by atoms with E-state index in [-0.39, 0.29) is 0 Å². The molecule has 0 amide bonds. The molecule has 0 heterocycles. The first-order valence-corrected chi connectivity index (χ1v) is 3.70. The second-order valence-corrected chi connectivity index (χ2v) is 2.70. The molecule has 0 aliphatic carbocycles. The molecule has 0 atom stereocenters. The molecule has 1 N–H and O–H groups in total. The third kappa shape index (κ3) is 4.42. The van der Waals surface area contributed by atoms with Crippen LogP contribution in [-0.2, 0) is 0 Å². The number of hydrogen-bond donors (Lipinski definition) is 1. The van der Waals surface area contributed by atoms with Gasteiger partial charge in [0, 0.05) is 20.1 Å². The van der Waals surface area contributed by atoms with E-state index < -0.39 is 0 Å². The van der Waals surface area contributed by atoms with Gasteiger partial charge >= 0.3 is 0 Å². The van der Waals surface area contributed by atoms with Crippen LogP contribution in [0.2, 0.25) is 0 Å². The molecular formula is C8H17N3. The molecule has 0 saturated heterocycles. The summed E-state index contributed by atoms with van der Waals surface area (Å²) in [5.41, 5.74) is 0. The molecule has 0 spiro atoms. The van der Waals surface area contributed by atoms with E-state index >= 15 is 0 Å². The number of rotatable bonds is 4. The molecule has 0 rings (SSSR count). The van der Waals surface area contributed by atoms with Crippen molar-refractivity contribution in [2.75, 3.05) is 14.1 Å². The maximum Gasteiger partial charge on any atom is 0.120 e. The molecule has 0 aromatic heterocycles. The lowest BCUT2D eigenvalue weighted by Crippen LogP contribution is -2.24. The van der Waals surface area contributed by atoms with Crippen molar-refractivity contribution in [1.29, 1.82) is 0 Å². The van der Waals surface area contributed by atoms with Gasteiger partial charge in [-0.05, 0) is 13.8 Å². The second kappa shape index (κ2) is 4.77. The van der Waals surface area contributed by atoms with Crippen LogP contribution in [0.5, 0.6) is 0 Å². The van der Waals surface area contributed by atoms with Gasteiger partial charge in [-0.15, -0.1) is 0 Å². The van der Waals surface area contributed by atoms with Crippen LogP contribution in [-0.4, -0.2) is 31.4 Å². The minimum absolute atomic E-state index is 0.475. The minimum atomic E-state index is 0.475. The SMILES string of the molecule is C=C(/N=C\N(C)C(C)C)NC. The lowest BCUT2D eigenvalue weighted by Gasteiger charge is -2.17. The molecule has 0 aliphatic heterocycles. The van der Waals surface area contributed by atoms with E-state index in [1.807, 2.05) is 11.9 Å². The van der Waals surface area contributed by atoms with Crippen LogP contribution in [0.1, 0.15) is 13.8 Å². The Morgan fingerprint density at radius 1 is 1.64 bits per heavy atom. The van der Waals surface area contributed by atoms with E-state index in [9.17, 15) is 0 Å². The number of nitrogens with zero attached hydrogens (tertiary/aromatic N) is 2. The van der Waals surface area contributed by atoms with E-state index in [2.05, 4.69) is 30.7 Å². The summed E-state index contributed by atoms with van der Waals surface area (Å²) in [6, 6.07) is 0.475. The van der Waals surface area contributed by atoms with Crippen molar-refractivity contribution in [3.63, 3.8) is 0 Å². The quantitative estimate of drug-likeness (QED) is 0.485. The highest BCUT2D eigenvalue weighted by atomic mass is 15.2. The number of aliphatic imine (C=N–C) groups is 1. The third-order valence-electron chi connectivity index (χ3n) is 1.50. The van der Waals surface area contributed by atoms with Crippen LogP contribution in [0.15, 0.2) is 17.4 Å². The van der Waals surface area contributed by atoms with Crippen LogP contribution < -0.4 is 5.32 Å². The monoisotopic (exact) mass is 155 g/mol. The second-order valence-electron chi connectivity index (χ2n) is 2.70. The average Bonchev–Trinajstić information content (AvgIpc) is 1.99. The molecule has 3 heteroatoms. The van der Waals surface area contributed by atoms with E-state index in [0.29, 0.717) is 11.9 Å². The summed E-state index contributed by atoms with van der Waals surface area (Å²) >= 11 is 0. The van der Waals surface area contributed by atoms with Gasteiger partial charge in [0.2, 0.25) is 0 Å². The fraction of sp³-hybridized carbons (Fsp3) is 0.625. The zero-order chi connectivity index (χ0) is 8.85. The first-order valence-electron chi connectivity index (χ1n) is 3.70. The van der Waals surface area contributed by atoms with Crippen molar-refractivity contribution in [1.82, 2.24) is 10.2 Å². The Bertz CT molecular complexity index is 149. The highest BCUT2D eigenvalue weighted by molar-refractivity contribution is 5.56. The van der Waals surface area contributed by atoms with Gasteiger partial charge in [-0.25, -0.2) is 4.99 Å². The Kier molecular flexibility index (Phi) is 4.34.